The summed E-state index contributed by atoms with van der Waals surface area (Å²) < 4.78 is 0. The molecule has 2 N–H and O–H groups in total. The monoisotopic (exact) mass is 266 g/mol. The molecule has 0 spiro atoms. The summed E-state index contributed by atoms with van der Waals surface area (Å²) in [7, 11) is 0. The number of carboxylic acid groups (broad SMARTS) is 1. The van der Waals surface area contributed by atoms with Gasteiger partial charge in [-0.25, -0.2) is 0 Å². The molecule has 0 aliphatic rings. The van der Waals surface area contributed by atoms with E-state index in [9.17, 15) is 4.79 Å². The highest BCUT2D eigenvalue weighted by molar-refractivity contribution is 6.32. The van der Waals surface area contributed by atoms with Gasteiger partial charge in [0.2, 0.25) is 0 Å². The van der Waals surface area contributed by atoms with E-state index in [0.29, 0.717) is 23.6 Å². The van der Waals surface area contributed by atoms with Crippen molar-refractivity contribution in [2.75, 3.05) is 11.9 Å². The van der Waals surface area contributed by atoms with Gasteiger partial charge >= 0.3 is 5.97 Å². The van der Waals surface area contributed by atoms with E-state index in [1.54, 1.807) is 12.1 Å². The predicted octanol–water partition coefficient (Wildman–Crippen LogP) is 3.27. The number of benzene rings is 1. The molecule has 0 aliphatic heterocycles. The lowest BCUT2D eigenvalue weighted by molar-refractivity contribution is -0.137. The maximum absolute atomic E-state index is 10.3. The molecule has 0 radical (unpaired) electrons. The van der Waals surface area contributed by atoms with Crippen molar-refractivity contribution < 1.29 is 9.90 Å². The molecule has 0 heterocycles. The molecule has 5 heteroatoms. The Morgan fingerprint density at radius 1 is 1.39 bits per heavy atom. The van der Waals surface area contributed by atoms with E-state index < -0.39 is 5.97 Å². The number of hydrogen-bond donors (Lipinski definition) is 2. The number of nitrogens with zero attached hydrogens (tertiary/aromatic N) is 1. The minimum atomic E-state index is -0.760. The summed E-state index contributed by atoms with van der Waals surface area (Å²) in [5.41, 5.74) is 1.17. The molecule has 96 valence electrons. The van der Waals surface area contributed by atoms with Crippen LogP contribution >= 0.6 is 11.6 Å². The van der Waals surface area contributed by atoms with Crippen LogP contribution in [0.3, 0.4) is 0 Å². The number of rotatable bonds is 7. The molecule has 0 atom stereocenters. The number of carbonyl (C=O) groups is 1. The number of unbranched alkanes of at least 4 members (excludes halogenated alkanes) is 2. The fraction of sp³-hybridized carbons (Fsp3) is 0.385. The van der Waals surface area contributed by atoms with Gasteiger partial charge in [0.05, 0.1) is 16.3 Å². The van der Waals surface area contributed by atoms with Crippen LogP contribution in [0.25, 0.3) is 0 Å². The minimum absolute atomic E-state index is 0.209. The maximum Gasteiger partial charge on any atom is 0.303 e. The number of carboxylic acids is 1. The second-order valence-electron chi connectivity index (χ2n) is 3.91. The quantitative estimate of drug-likeness (QED) is 0.743. The Morgan fingerprint density at radius 2 is 2.17 bits per heavy atom. The van der Waals surface area contributed by atoms with Crippen molar-refractivity contribution in [2.45, 2.75) is 25.7 Å². The van der Waals surface area contributed by atoms with Crippen LogP contribution in [0.1, 0.15) is 31.2 Å². The van der Waals surface area contributed by atoms with Gasteiger partial charge < -0.3 is 10.4 Å². The number of aliphatic carboxylic acids is 1. The van der Waals surface area contributed by atoms with Crippen LogP contribution in [-0.4, -0.2) is 17.6 Å². The van der Waals surface area contributed by atoms with Gasteiger partial charge in [-0.15, -0.1) is 0 Å². The van der Waals surface area contributed by atoms with Crippen LogP contribution in [0, 0.1) is 11.3 Å². The lowest BCUT2D eigenvalue weighted by Crippen LogP contribution is -2.04. The zero-order chi connectivity index (χ0) is 13.4. The van der Waals surface area contributed by atoms with E-state index in [2.05, 4.69) is 11.4 Å². The van der Waals surface area contributed by atoms with Crippen molar-refractivity contribution in [2.24, 2.45) is 0 Å². The first-order valence-corrected chi connectivity index (χ1v) is 6.17. The molecule has 0 amide bonds. The van der Waals surface area contributed by atoms with Gasteiger partial charge in [0, 0.05) is 13.0 Å². The van der Waals surface area contributed by atoms with Crippen molar-refractivity contribution in [1.29, 1.82) is 5.26 Å². The lowest BCUT2D eigenvalue weighted by atomic mass is 10.1. The highest BCUT2D eigenvalue weighted by Crippen LogP contribution is 2.23. The molecule has 4 nitrogen and oxygen atoms in total. The first-order chi connectivity index (χ1) is 8.65. The standard InChI is InChI=1S/C13H15ClN2O2/c14-11-5-4-6-12(10(11)9-15)16-8-3-1-2-7-13(17)18/h4-6,16H,1-3,7-8H2,(H,17,18). The van der Waals surface area contributed by atoms with Crippen LogP contribution in [0.15, 0.2) is 18.2 Å². The van der Waals surface area contributed by atoms with Crippen LogP contribution in [0.5, 0.6) is 0 Å². The maximum atomic E-state index is 10.3. The van der Waals surface area contributed by atoms with Crippen LogP contribution < -0.4 is 5.32 Å². The van der Waals surface area contributed by atoms with Gasteiger partial charge in [0.1, 0.15) is 6.07 Å². The average Bonchev–Trinajstić information content (AvgIpc) is 2.33. The molecule has 1 rings (SSSR count). The van der Waals surface area contributed by atoms with Gasteiger partial charge in [-0.3, -0.25) is 4.79 Å². The largest absolute Gasteiger partial charge is 0.481 e. The third kappa shape index (κ3) is 4.64. The zero-order valence-corrected chi connectivity index (χ0v) is 10.7. The summed E-state index contributed by atoms with van der Waals surface area (Å²) in [4.78, 5) is 10.3. The van der Waals surface area contributed by atoms with E-state index in [0.717, 1.165) is 18.5 Å². The molecule has 0 fully saturated rings. The summed E-state index contributed by atoms with van der Waals surface area (Å²) in [6.45, 7) is 0.703. The van der Waals surface area contributed by atoms with E-state index in [1.807, 2.05) is 6.07 Å². The average molecular weight is 267 g/mol. The first kappa shape index (κ1) is 14.3. The highest BCUT2D eigenvalue weighted by atomic mass is 35.5. The number of nitriles is 1. The molecule has 0 saturated carbocycles. The van der Waals surface area contributed by atoms with Crippen LogP contribution in [-0.2, 0) is 4.79 Å². The zero-order valence-electron chi connectivity index (χ0n) is 9.95. The predicted molar refractivity (Wildman–Crippen MR) is 70.8 cm³/mol. The van der Waals surface area contributed by atoms with Crippen molar-refractivity contribution >= 4 is 23.3 Å². The smallest absolute Gasteiger partial charge is 0.303 e. The van der Waals surface area contributed by atoms with Gasteiger partial charge in [0.15, 0.2) is 0 Å². The van der Waals surface area contributed by atoms with Crippen LogP contribution in [0.2, 0.25) is 5.02 Å². The fourth-order valence-corrected chi connectivity index (χ4v) is 1.80. The molecule has 0 saturated heterocycles. The topological polar surface area (TPSA) is 73.1 Å². The Labute approximate surface area is 111 Å². The second kappa shape index (κ2) is 7.57. The minimum Gasteiger partial charge on any atom is -0.481 e. The van der Waals surface area contributed by atoms with Gasteiger partial charge in [-0.1, -0.05) is 24.1 Å². The molecule has 0 bridgehead atoms. The third-order valence-corrected chi connectivity index (χ3v) is 2.82. The van der Waals surface area contributed by atoms with Crippen molar-refractivity contribution in [3.63, 3.8) is 0 Å². The molecular formula is C13H15ClN2O2. The number of anilines is 1. The lowest BCUT2D eigenvalue weighted by Gasteiger charge is -2.08. The second-order valence-corrected chi connectivity index (χ2v) is 4.31. The fourth-order valence-electron chi connectivity index (χ4n) is 1.59. The Morgan fingerprint density at radius 3 is 2.83 bits per heavy atom. The van der Waals surface area contributed by atoms with E-state index >= 15 is 0 Å². The van der Waals surface area contributed by atoms with Crippen molar-refractivity contribution in [1.82, 2.24) is 0 Å². The molecule has 18 heavy (non-hydrogen) atoms. The van der Waals surface area contributed by atoms with E-state index in [1.165, 1.54) is 0 Å². The summed E-state index contributed by atoms with van der Waals surface area (Å²) in [6, 6.07) is 7.33. The Kier molecular flexibility index (Phi) is 6.03. The first-order valence-electron chi connectivity index (χ1n) is 5.79. The number of hydrogen-bond acceptors (Lipinski definition) is 3. The summed E-state index contributed by atoms with van der Waals surface area (Å²) in [5.74, 6) is -0.760. The normalized spacial score (nSPS) is 9.78. The SMILES string of the molecule is N#Cc1c(Cl)cccc1NCCCCCC(=O)O. The summed E-state index contributed by atoms with van der Waals surface area (Å²) >= 11 is 5.90. The summed E-state index contributed by atoms with van der Waals surface area (Å²) in [5, 5.41) is 21.0. The molecule has 0 aromatic heterocycles. The molecule has 1 aromatic carbocycles. The Bertz CT molecular complexity index is 455. The number of halogens is 1. The third-order valence-electron chi connectivity index (χ3n) is 2.51. The molecule has 0 unspecified atom stereocenters. The van der Waals surface area contributed by atoms with Gasteiger partial charge in [-0.05, 0) is 25.0 Å². The summed E-state index contributed by atoms with van der Waals surface area (Å²) in [6.07, 6.45) is 2.60. The van der Waals surface area contributed by atoms with Crippen molar-refractivity contribution in [3.8, 4) is 6.07 Å². The van der Waals surface area contributed by atoms with E-state index in [-0.39, 0.29) is 6.42 Å². The molecule has 1 aromatic rings. The Hall–Kier alpha value is -1.73. The van der Waals surface area contributed by atoms with E-state index in [4.69, 9.17) is 22.0 Å². The van der Waals surface area contributed by atoms with Gasteiger partial charge in [0.25, 0.3) is 0 Å². The number of nitrogens with one attached hydrogen (secondary N) is 1. The van der Waals surface area contributed by atoms with Crippen molar-refractivity contribution in [3.05, 3.63) is 28.8 Å². The molecular weight excluding hydrogens is 252 g/mol. The Balaban J connectivity index is 2.34. The highest BCUT2D eigenvalue weighted by Gasteiger charge is 2.05. The van der Waals surface area contributed by atoms with Crippen LogP contribution in [0.4, 0.5) is 5.69 Å². The van der Waals surface area contributed by atoms with Gasteiger partial charge in [-0.2, -0.15) is 5.26 Å². The molecule has 0 aliphatic carbocycles.